The number of hydrogen-bond acceptors (Lipinski definition) is 3. The number of carboxylic acids is 1. The fourth-order valence-electron chi connectivity index (χ4n) is 3.46. The Balaban J connectivity index is 1.92. The number of aryl methyl sites for hydroxylation is 2. The summed E-state index contributed by atoms with van der Waals surface area (Å²) in [5.41, 5.74) is 5.42. The first-order chi connectivity index (χ1) is 13.5. The van der Waals surface area contributed by atoms with Crippen molar-refractivity contribution in [2.45, 2.75) is 32.6 Å². The van der Waals surface area contributed by atoms with Crippen LogP contribution < -0.4 is 0 Å². The third-order valence-electron chi connectivity index (χ3n) is 4.89. The second-order valence-electron chi connectivity index (χ2n) is 6.84. The second-order valence-corrected chi connectivity index (χ2v) is 6.84. The molecule has 1 N–H and O–H groups in total. The van der Waals surface area contributed by atoms with Gasteiger partial charge in [-0.25, -0.2) is 4.79 Å². The van der Waals surface area contributed by atoms with Crippen LogP contribution in [-0.2, 0) is 19.9 Å². The van der Waals surface area contributed by atoms with Crippen LogP contribution in [-0.4, -0.2) is 20.9 Å². The fraction of sp³-hybridized carbons (Fsp3) is 0.261. The smallest absolute Gasteiger partial charge is 0.354 e. The van der Waals surface area contributed by atoms with Gasteiger partial charge in [0.2, 0.25) is 0 Å². The number of aromatic nitrogens is 2. The van der Waals surface area contributed by atoms with E-state index in [1.54, 1.807) is 13.1 Å². The van der Waals surface area contributed by atoms with Crippen molar-refractivity contribution in [3.05, 3.63) is 76.6 Å². The molecule has 1 heterocycles. The first-order valence-electron chi connectivity index (χ1n) is 9.41. The molecule has 0 saturated carbocycles. The van der Waals surface area contributed by atoms with Crippen LogP contribution in [0, 0.1) is 11.3 Å². The van der Waals surface area contributed by atoms with E-state index in [2.05, 4.69) is 18.1 Å². The lowest BCUT2D eigenvalue weighted by Gasteiger charge is -2.08. The molecule has 3 rings (SSSR count). The van der Waals surface area contributed by atoms with Crippen LogP contribution >= 0.6 is 0 Å². The third kappa shape index (κ3) is 3.96. The average molecular weight is 373 g/mol. The van der Waals surface area contributed by atoms with Gasteiger partial charge in [-0.15, -0.1) is 0 Å². The molecule has 0 atom stereocenters. The molecule has 1 aromatic heterocycles. The van der Waals surface area contributed by atoms with Crippen LogP contribution in [0.2, 0.25) is 0 Å². The third-order valence-corrected chi connectivity index (χ3v) is 4.89. The zero-order chi connectivity index (χ0) is 20.1. The maximum atomic E-state index is 11.7. The Morgan fingerprint density at radius 3 is 2.54 bits per heavy atom. The molecule has 5 nitrogen and oxygen atoms in total. The van der Waals surface area contributed by atoms with E-state index in [0.29, 0.717) is 12.0 Å². The Kier molecular flexibility index (Phi) is 5.90. The molecular weight excluding hydrogens is 350 g/mol. The van der Waals surface area contributed by atoms with E-state index in [9.17, 15) is 15.2 Å². The molecule has 0 unspecified atom stereocenters. The SMILES string of the molecule is CCCCc1nn(C)c(C(=O)O)c1Cc1ccc(-c2ccccc2C#N)cc1. The Hall–Kier alpha value is -3.39. The van der Waals surface area contributed by atoms with Gasteiger partial charge in [-0.1, -0.05) is 55.8 Å². The number of nitriles is 1. The van der Waals surface area contributed by atoms with Gasteiger partial charge in [0.1, 0.15) is 5.69 Å². The number of unbranched alkanes of at least 4 members (excludes halogenated alkanes) is 1. The first kappa shape index (κ1) is 19.4. The summed E-state index contributed by atoms with van der Waals surface area (Å²) in [6.45, 7) is 2.11. The summed E-state index contributed by atoms with van der Waals surface area (Å²) in [5, 5.41) is 23.4. The van der Waals surface area contributed by atoms with Crippen molar-refractivity contribution in [1.82, 2.24) is 9.78 Å². The lowest BCUT2D eigenvalue weighted by Crippen LogP contribution is -2.08. The summed E-state index contributed by atoms with van der Waals surface area (Å²) in [5.74, 6) is -0.952. The Labute approximate surface area is 164 Å². The Bertz CT molecular complexity index is 1030. The highest BCUT2D eigenvalue weighted by atomic mass is 16.4. The molecule has 0 radical (unpaired) electrons. The molecular formula is C23H23N3O2. The van der Waals surface area contributed by atoms with Gasteiger partial charge in [0.05, 0.1) is 17.3 Å². The minimum atomic E-state index is -0.952. The highest BCUT2D eigenvalue weighted by Gasteiger charge is 2.21. The highest BCUT2D eigenvalue weighted by molar-refractivity contribution is 5.88. The summed E-state index contributed by atoms with van der Waals surface area (Å²) >= 11 is 0. The Morgan fingerprint density at radius 2 is 1.89 bits per heavy atom. The molecule has 0 aliphatic rings. The van der Waals surface area contributed by atoms with Crippen molar-refractivity contribution in [1.29, 1.82) is 5.26 Å². The van der Waals surface area contributed by atoms with E-state index in [4.69, 9.17) is 0 Å². The maximum Gasteiger partial charge on any atom is 0.354 e. The number of nitrogens with zero attached hydrogens (tertiary/aromatic N) is 3. The molecule has 0 bridgehead atoms. The molecule has 5 heteroatoms. The maximum absolute atomic E-state index is 11.7. The van der Waals surface area contributed by atoms with E-state index in [1.165, 1.54) is 4.68 Å². The van der Waals surface area contributed by atoms with Crippen molar-refractivity contribution in [3.63, 3.8) is 0 Å². The minimum absolute atomic E-state index is 0.255. The Morgan fingerprint density at radius 1 is 1.18 bits per heavy atom. The summed E-state index contributed by atoms with van der Waals surface area (Å²) in [6, 6.07) is 17.7. The number of hydrogen-bond donors (Lipinski definition) is 1. The molecule has 28 heavy (non-hydrogen) atoms. The predicted octanol–water partition coefficient (Wildman–Crippen LogP) is 4.59. The first-order valence-corrected chi connectivity index (χ1v) is 9.41. The van der Waals surface area contributed by atoms with Crippen molar-refractivity contribution in [2.75, 3.05) is 0 Å². The highest BCUT2D eigenvalue weighted by Crippen LogP contribution is 2.25. The molecule has 142 valence electrons. The predicted molar refractivity (Wildman–Crippen MR) is 108 cm³/mol. The van der Waals surface area contributed by atoms with Crippen LogP contribution in [0.1, 0.15) is 52.6 Å². The molecule has 0 amide bonds. The summed E-state index contributed by atoms with van der Waals surface area (Å²) in [4.78, 5) is 11.7. The fourth-order valence-corrected chi connectivity index (χ4v) is 3.46. The van der Waals surface area contributed by atoms with Gasteiger partial charge in [-0.05, 0) is 35.6 Å². The molecule has 0 aliphatic heterocycles. The lowest BCUT2D eigenvalue weighted by molar-refractivity contribution is 0.0684. The van der Waals surface area contributed by atoms with Crippen molar-refractivity contribution in [2.24, 2.45) is 7.05 Å². The molecule has 0 fully saturated rings. The van der Waals surface area contributed by atoms with Gasteiger partial charge in [0, 0.05) is 19.0 Å². The molecule has 3 aromatic rings. The quantitative estimate of drug-likeness (QED) is 0.657. The van der Waals surface area contributed by atoms with E-state index in [-0.39, 0.29) is 5.69 Å². The van der Waals surface area contributed by atoms with Gasteiger partial charge in [0.15, 0.2) is 0 Å². The van der Waals surface area contributed by atoms with Gasteiger partial charge in [0.25, 0.3) is 0 Å². The summed E-state index contributed by atoms with van der Waals surface area (Å²) in [7, 11) is 1.68. The topological polar surface area (TPSA) is 78.9 Å². The zero-order valence-electron chi connectivity index (χ0n) is 16.1. The standard InChI is InChI=1S/C23H23N3O2/c1-3-4-9-21-20(22(23(27)28)26(2)25-21)14-16-10-12-17(13-11-16)19-8-6-5-7-18(19)15-24/h5-8,10-13H,3-4,9,14H2,1-2H3,(H,27,28). The number of rotatable bonds is 7. The largest absolute Gasteiger partial charge is 0.477 e. The average Bonchev–Trinajstić information content (AvgIpc) is 3.02. The molecule has 0 saturated heterocycles. The van der Waals surface area contributed by atoms with Crippen LogP contribution in [0.25, 0.3) is 11.1 Å². The van der Waals surface area contributed by atoms with Crippen LogP contribution in [0.5, 0.6) is 0 Å². The van der Waals surface area contributed by atoms with E-state index in [0.717, 1.165) is 47.2 Å². The number of carboxylic acid groups (broad SMARTS) is 1. The van der Waals surface area contributed by atoms with Gasteiger partial charge >= 0.3 is 5.97 Å². The van der Waals surface area contributed by atoms with E-state index in [1.807, 2.05) is 42.5 Å². The molecule has 0 spiro atoms. The van der Waals surface area contributed by atoms with Crippen molar-refractivity contribution in [3.8, 4) is 17.2 Å². The summed E-state index contributed by atoms with van der Waals surface area (Å²) < 4.78 is 1.47. The lowest BCUT2D eigenvalue weighted by atomic mass is 9.96. The van der Waals surface area contributed by atoms with Gasteiger partial charge < -0.3 is 5.11 Å². The number of aromatic carboxylic acids is 1. The van der Waals surface area contributed by atoms with Gasteiger partial charge in [-0.3, -0.25) is 4.68 Å². The van der Waals surface area contributed by atoms with E-state index >= 15 is 0 Å². The summed E-state index contributed by atoms with van der Waals surface area (Å²) in [6.07, 6.45) is 3.31. The van der Waals surface area contributed by atoms with E-state index < -0.39 is 5.97 Å². The van der Waals surface area contributed by atoms with Crippen LogP contribution in [0.4, 0.5) is 0 Å². The van der Waals surface area contributed by atoms with Crippen molar-refractivity contribution < 1.29 is 9.90 Å². The molecule has 2 aromatic carbocycles. The monoisotopic (exact) mass is 373 g/mol. The minimum Gasteiger partial charge on any atom is -0.477 e. The normalized spacial score (nSPS) is 10.6. The molecule has 0 aliphatic carbocycles. The number of carbonyl (C=O) groups is 1. The van der Waals surface area contributed by atoms with Crippen LogP contribution in [0.3, 0.4) is 0 Å². The second kappa shape index (κ2) is 8.53. The van der Waals surface area contributed by atoms with Crippen LogP contribution in [0.15, 0.2) is 48.5 Å². The zero-order valence-corrected chi connectivity index (χ0v) is 16.1. The number of benzene rings is 2. The van der Waals surface area contributed by atoms with Gasteiger partial charge in [-0.2, -0.15) is 10.4 Å². The van der Waals surface area contributed by atoms with Crippen molar-refractivity contribution >= 4 is 5.97 Å².